The molecule has 31 heavy (non-hydrogen) atoms. The summed E-state index contributed by atoms with van der Waals surface area (Å²) in [5, 5.41) is 1.24. The van der Waals surface area contributed by atoms with Crippen molar-refractivity contribution >= 4 is 33.3 Å². The number of nitrogens with zero attached hydrogens (tertiary/aromatic N) is 3. The van der Waals surface area contributed by atoms with Crippen LogP contribution < -0.4 is 0 Å². The third kappa shape index (κ3) is 5.12. The summed E-state index contributed by atoms with van der Waals surface area (Å²) in [6, 6.07) is 6.43. The van der Waals surface area contributed by atoms with Crippen molar-refractivity contribution in [2.24, 2.45) is 11.8 Å². The van der Waals surface area contributed by atoms with Crippen LogP contribution in [0.5, 0.6) is 0 Å². The van der Waals surface area contributed by atoms with Crippen LogP contribution in [0.1, 0.15) is 63.9 Å². The fraction of sp³-hybridized carbons (Fsp3) is 0.600. The van der Waals surface area contributed by atoms with E-state index in [-0.39, 0.29) is 6.09 Å². The van der Waals surface area contributed by atoms with Gasteiger partial charge in [0.1, 0.15) is 5.60 Å². The monoisotopic (exact) mass is 441 g/mol. The normalized spacial score (nSPS) is 25.5. The molecular weight excluding hydrogens is 406 g/mol. The van der Waals surface area contributed by atoms with Gasteiger partial charge in [-0.25, -0.2) is 9.78 Å². The second-order valence-electron chi connectivity index (χ2n) is 10.5. The second-order valence-corrected chi connectivity index (χ2v) is 11.6. The summed E-state index contributed by atoms with van der Waals surface area (Å²) < 4.78 is 6.91. The SMILES string of the molecule is CC1CC(c2nc3cc(C4=CC[C@H](C)CN4C(=O)OC(C)(C)C)ccc3s2)CN(C)C1. The van der Waals surface area contributed by atoms with Gasteiger partial charge in [-0.2, -0.15) is 0 Å². The molecule has 1 fully saturated rings. The van der Waals surface area contributed by atoms with Gasteiger partial charge in [-0.15, -0.1) is 11.3 Å². The number of hydrogen-bond donors (Lipinski definition) is 0. The fourth-order valence-electron chi connectivity index (χ4n) is 4.75. The third-order valence-electron chi connectivity index (χ3n) is 6.00. The number of hydrogen-bond acceptors (Lipinski definition) is 5. The van der Waals surface area contributed by atoms with Crippen molar-refractivity contribution in [2.45, 2.75) is 59.0 Å². The number of fused-ring (bicyclic) bond motifs is 1. The number of ether oxygens (including phenoxy) is 1. The Balaban J connectivity index is 1.63. The first-order valence-electron chi connectivity index (χ1n) is 11.4. The van der Waals surface area contributed by atoms with Gasteiger partial charge in [-0.05, 0) is 64.6 Å². The lowest BCUT2D eigenvalue weighted by atomic mass is 9.91. The van der Waals surface area contributed by atoms with E-state index in [1.54, 1.807) is 4.90 Å². The average molecular weight is 442 g/mol. The molecule has 2 aromatic rings. The first kappa shape index (κ1) is 22.3. The molecule has 168 valence electrons. The minimum absolute atomic E-state index is 0.274. The smallest absolute Gasteiger partial charge is 0.414 e. The van der Waals surface area contributed by atoms with Gasteiger partial charge >= 0.3 is 6.09 Å². The number of benzene rings is 1. The molecule has 6 heteroatoms. The lowest BCUT2D eigenvalue weighted by molar-refractivity contribution is 0.0327. The number of carbonyl (C=O) groups is 1. The van der Waals surface area contributed by atoms with Crippen LogP contribution in [0, 0.1) is 11.8 Å². The van der Waals surface area contributed by atoms with Gasteiger partial charge < -0.3 is 9.64 Å². The number of piperidine rings is 1. The zero-order valence-corrected chi connectivity index (χ0v) is 20.5. The van der Waals surface area contributed by atoms with Crippen LogP contribution in [0.3, 0.4) is 0 Å². The minimum Gasteiger partial charge on any atom is -0.443 e. The highest BCUT2D eigenvalue weighted by atomic mass is 32.1. The lowest BCUT2D eigenvalue weighted by Crippen LogP contribution is -2.39. The summed E-state index contributed by atoms with van der Waals surface area (Å²) in [6.45, 7) is 13.1. The number of thiazole rings is 1. The first-order valence-corrected chi connectivity index (χ1v) is 12.2. The van der Waals surface area contributed by atoms with Gasteiger partial charge in [-0.1, -0.05) is 26.0 Å². The summed E-state index contributed by atoms with van der Waals surface area (Å²) >= 11 is 1.82. The maximum absolute atomic E-state index is 12.9. The van der Waals surface area contributed by atoms with E-state index in [2.05, 4.69) is 50.1 Å². The van der Waals surface area contributed by atoms with Gasteiger partial charge in [0, 0.05) is 31.1 Å². The van der Waals surface area contributed by atoms with Gasteiger partial charge in [0.2, 0.25) is 0 Å². The average Bonchev–Trinajstić information content (AvgIpc) is 3.09. The molecule has 3 atom stereocenters. The molecular formula is C25H35N3O2S. The molecule has 5 nitrogen and oxygen atoms in total. The van der Waals surface area contributed by atoms with Crippen LogP contribution in [0.25, 0.3) is 15.9 Å². The molecule has 1 aromatic heterocycles. The van der Waals surface area contributed by atoms with Crippen molar-refractivity contribution in [3.05, 3.63) is 34.8 Å². The van der Waals surface area contributed by atoms with Crippen molar-refractivity contribution in [1.29, 1.82) is 0 Å². The molecule has 2 aliphatic heterocycles. The van der Waals surface area contributed by atoms with E-state index < -0.39 is 5.60 Å². The zero-order valence-electron chi connectivity index (χ0n) is 19.6. The van der Waals surface area contributed by atoms with E-state index in [0.29, 0.717) is 24.3 Å². The van der Waals surface area contributed by atoms with Gasteiger partial charge in [0.05, 0.1) is 20.9 Å². The summed E-state index contributed by atoms with van der Waals surface area (Å²) in [4.78, 5) is 22.2. The largest absolute Gasteiger partial charge is 0.443 e. The van der Waals surface area contributed by atoms with E-state index in [9.17, 15) is 4.79 Å². The minimum atomic E-state index is -0.513. The second kappa shape index (κ2) is 8.55. The predicted molar refractivity (Wildman–Crippen MR) is 128 cm³/mol. The summed E-state index contributed by atoms with van der Waals surface area (Å²) in [5.41, 5.74) is 2.49. The highest BCUT2D eigenvalue weighted by Crippen LogP contribution is 2.36. The Labute approximate surface area is 190 Å². The number of likely N-dealkylation sites (N-methyl/N-ethyl adjacent to an activating group) is 1. The summed E-state index contributed by atoms with van der Waals surface area (Å²) in [7, 11) is 2.20. The van der Waals surface area contributed by atoms with Crippen LogP contribution >= 0.6 is 11.3 Å². The van der Waals surface area contributed by atoms with Gasteiger partial charge in [-0.3, -0.25) is 4.90 Å². The molecule has 0 aliphatic carbocycles. The highest BCUT2D eigenvalue weighted by Gasteiger charge is 2.30. The predicted octanol–water partition coefficient (Wildman–Crippen LogP) is 5.97. The number of amides is 1. The molecule has 0 saturated carbocycles. The summed E-state index contributed by atoms with van der Waals surface area (Å²) in [6.07, 6.45) is 4.06. The molecule has 0 N–H and O–H groups in total. The third-order valence-corrected chi connectivity index (χ3v) is 7.20. The van der Waals surface area contributed by atoms with Crippen LogP contribution in [0.4, 0.5) is 4.79 Å². The van der Waals surface area contributed by atoms with Crippen molar-refractivity contribution in [3.63, 3.8) is 0 Å². The molecule has 3 heterocycles. The molecule has 1 saturated heterocycles. The fourth-order valence-corrected chi connectivity index (χ4v) is 5.80. The Hall–Kier alpha value is -1.92. The Morgan fingerprint density at radius 2 is 1.94 bits per heavy atom. The molecule has 0 spiro atoms. The highest BCUT2D eigenvalue weighted by molar-refractivity contribution is 7.18. The van der Waals surface area contributed by atoms with Gasteiger partial charge in [0.15, 0.2) is 0 Å². The van der Waals surface area contributed by atoms with Crippen LogP contribution in [-0.4, -0.2) is 53.2 Å². The number of rotatable bonds is 2. The van der Waals surface area contributed by atoms with Crippen molar-refractivity contribution in [2.75, 3.05) is 26.7 Å². The molecule has 0 radical (unpaired) electrons. The topological polar surface area (TPSA) is 45.7 Å². The Bertz CT molecular complexity index is 980. The molecule has 4 rings (SSSR count). The molecule has 0 bridgehead atoms. The molecule has 2 unspecified atom stereocenters. The van der Waals surface area contributed by atoms with Crippen LogP contribution in [0.15, 0.2) is 24.3 Å². The number of carbonyl (C=O) groups excluding carboxylic acids is 1. The Morgan fingerprint density at radius 3 is 2.65 bits per heavy atom. The van der Waals surface area contributed by atoms with E-state index >= 15 is 0 Å². The standard InChI is InChI=1S/C25H35N3O2S/c1-16-7-9-21(28(14-16)24(29)30-25(3,4)5)18-8-10-22-20(12-18)26-23(31-22)19-11-17(2)13-27(6)15-19/h8-10,12,16-17,19H,7,11,13-15H2,1-6H3/t16-,17?,19?/m0/s1. The van der Waals surface area contributed by atoms with E-state index in [0.717, 1.165) is 29.7 Å². The molecule has 1 aromatic carbocycles. The van der Waals surface area contributed by atoms with E-state index in [4.69, 9.17) is 9.72 Å². The van der Waals surface area contributed by atoms with Crippen molar-refractivity contribution < 1.29 is 9.53 Å². The molecule has 1 amide bonds. The van der Waals surface area contributed by atoms with E-state index in [1.165, 1.54) is 22.7 Å². The van der Waals surface area contributed by atoms with Crippen molar-refractivity contribution in [3.8, 4) is 0 Å². The Kier molecular flexibility index (Phi) is 6.14. The number of likely N-dealkylation sites (tertiary alicyclic amines) is 1. The number of aromatic nitrogens is 1. The molecule has 2 aliphatic rings. The van der Waals surface area contributed by atoms with Gasteiger partial charge in [0.25, 0.3) is 0 Å². The maximum atomic E-state index is 12.9. The maximum Gasteiger partial charge on any atom is 0.414 e. The van der Waals surface area contributed by atoms with E-state index in [1.807, 2.05) is 32.1 Å². The quantitative estimate of drug-likeness (QED) is 0.576. The first-order chi connectivity index (χ1) is 14.6. The van der Waals surface area contributed by atoms with Crippen LogP contribution in [-0.2, 0) is 4.74 Å². The number of allylic oxidation sites excluding steroid dienone is 1. The van der Waals surface area contributed by atoms with Crippen molar-refractivity contribution in [1.82, 2.24) is 14.8 Å². The Morgan fingerprint density at radius 1 is 1.16 bits per heavy atom. The lowest BCUT2D eigenvalue weighted by Gasteiger charge is -2.33. The zero-order chi connectivity index (χ0) is 22.3. The summed E-state index contributed by atoms with van der Waals surface area (Å²) in [5.74, 6) is 1.61. The van der Waals surface area contributed by atoms with Crippen LogP contribution in [0.2, 0.25) is 0 Å².